The van der Waals surface area contributed by atoms with Gasteiger partial charge in [-0.25, -0.2) is 12.7 Å². The number of pyridine rings is 1. The summed E-state index contributed by atoms with van der Waals surface area (Å²) in [5.41, 5.74) is 0.790. The van der Waals surface area contributed by atoms with Crippen LogP contribution in [-0.4, -0.2) is 76.9 Å². The fourth-order valence-corrected chi connectivity index (χ4v) is 8.09. The number of hydrogen-bond donors (Lipinski definition) is 0. The van der Waals surface area contributed by atoms with Crippen molar-refractivity contribution in [2.45, 2.75) is 69.2 Å². The summed E-state index contributed by atoms with van der Waals surface area (Å²) >= 11 is 0. The quantitative estimate of drug-likeness (QED) is 0.694. The second kappa shape index (κ2) is 7.81. The summed E-state index contributed by atoms with van der Waals surface area (Å²) in [4.78, 5) is 22.4. The summed E-state index contributed by atoms with van der Waals surface area (Å²) in [7, 11) is -3.13. The Kier molecular flexibility index (Phi) is 5.38. The highest BCUT2D eigenvalue weighted by Crippen LogP contribution is 2.53. The van der Waals surface area contributed by atoms with Crippen molar-refractivity contribution in [3.05, 3.63) is 30.1 Å². The summed E-state index contributed by atoms with van der Waals surface area (Å²) in [5.74, 6) is 0.314. The molecule has 3 aliphatic heterocycles. The highest BCUT2D eigenvalue weighted by Gasteiger charge is 2.60. The average Bonchev–Trinajstić information content (AvgIpc) is 3.60. The van der Waals surface area contributed by atoms with Gasteiger partial charge in [0.1, 0.15) is 0 Å². The number of carbonyl (C=O) groups is 1. The van der Waals surface area contributed by atoms with E-state index in [9.17, 15) is 13.2 Å². The number of hydrogen-bond acceptors (Lipinski definition) is 5. The highest BCUT2D eigenvalue weighted by atomic mass is 32.2. The van der Waals surface area contributed by atoms with Gasteiger partial charge in [-0.2, -0.15) is 0 Å². The normalized spacial score (nSPS) is 26.7. The lowest BCUT2D eigenvalue weighted by Crippen LogP contribution is -2.54. The molecule has 1 amide bonds. The Hall–Kier alpha value is -1.51. The van der Waals surface area contributed by atoms with E-state index in [4.69, 9.17) is 0 Å². The van der Waals surface area contributed by atoms with Crippen molar-refractivity contribution in [1.82, 2.24) is 19.1 Å². The Morgan fingerprint density at radius 1 is 1.10 bits per heavy atom. The van der Waals surface area contributed by atoms with Crippen molar-refractivity contribution in [2.75, 3.05) is 32.7 Å². The second-order valence-electron chi connectivity index (χ2n) is 10.0. The molecule has 1 aliphatic carbocycles. The third-order valence-corrected chi connectivity index (χ3v) is 10.6. The fraction of sp³-hybridized carbons (Fsp3) is 0.739. The predicted octanol–water partition coefficient (Wildman–Crippen LogP) is 2.24. The molecule has 3 saturated heterocycles. The number of likely N-dealkylation sites (tertiary alicyclic amines) is 2. The van der Waals surface area contributed by atoms with Gasteiger partial charge in [-0.15, -0.1) is 0 Å². The third-order valence-electron chi connectivity index (χ3n) is 8.16. The van der Waals surface area contributed by atoms with Gasteiger partial charge in [0.15, 0.2) is 0 Å². The first-order valence-electron chi connectivity index (χ1n) is 11.8. The average molecular weight is 447 g/mol. The fourth-order valence-electron chi connectivity index (χ4n) is 6.24. The lowest BCUT2D eigenvalue weighted by Gasteiger charge is -2.44. The van der Waals surface area contributed by atoms with Crippen LogP contribution in [0.5, 0.6) is 0 Å². The number of nitrogens with zero attached hydrogens (tertiary/aromatic N) is 4. The zero-order chi connectivity index (χ0) is 21.7. The first-order chi connectivity index (χ1) is 14.9. The number of rotatable bonds is 5. The maximum atomic E-state index is 13.6. The van der Waals surface area contributed by atoms with Crippen LogP contribution in [0.25, 0.3) is 0 Å². The summed E-state index contributed by atoms with van der Waals surface area (Å²) in [6, 6.07) is 4.08. The number of sulfonamides is 1. The molecule has 2 spiro atoms. The highest BCUT2D eigenvalue weighted by molar-refractivity contribution is 7.90. The lowest BCUT2D eigenvalue weighted by atomic mass is 9.71. The molecule has 0 unspecified atom stereocenters. The van der Waals surface area contributed by atoms with Crippen LogP contribution in [0.3, 0.4) is 0 Å². The predicted molar refractivity (Wildman–Crippen MR) is 119 cm³/mol. The van der Waals surface area contributed by atoms with E-state index in [1.165, 1.54) is 5.56 Å². The summed E-state index contributed by atoms with van der Waals surface area (Å²) < 4.78 is 27.1. The third kappa shape index (κ3) is 3.70. The van der Waals surface area contributed by atoms with Crippen LogP contribution in [0.2, 0.25) is 0 Å². The molecule has 31 heavy (non-hydrogen) atoms. The van der Waals surface area contributed by atoms with Crippen molar-refractivity contribution in [1.29, 1.82) is 0 Å². The Bertz CT molecular complexity index is 915. The Morgan fingerprint density at radius 2 is 1.81 bits per heavy atom. The van der Waals surface area contributed by atoms with E-state index in [0.29, 0.717) is 19.0 Å². The van der Waals surface area contributed by atoms with Crippen LogP contribution in [0.1, 0.15) is 57.4 Å². The largest absolute Gasteiger partial charge is 0.337 e. The Labute approximate surface area is 185 Å². The molecule has 1 saturated carbocycles. The van der Waals surface area contributed by atoms with Gasteiger partial charge in [0.05, 0.1) is 10.7 Å². The second-order valence-corrected chi connectivity index (χ2v) is 12.2. The molecule has 8 heteroatoms. The molecule has 170 valence electrons. The van der Waals surface area contributed by atoms with Crippen LogP contribution < -0.4 is 0 Å². The maximum absolute atomic E-state index is 13.6. The minimum absolute atomic E-state index is 0.149. The number of carbonyl (C=O) groups excluding carboxylic acids is 1. The lowest BCUT2D eigenvalue weighted by molar-refractivity contribution is -0.140. The van der Waals surface area contributed by atoms with E-state index >= 15 is 0 Å². The first kappa shape index (κ1) is 21.3. The van der Waals surface area contributed by atoms with E-state index in [1.807, 2.05) is 12.3 Å². The van der Waals surface area contributed by atoms with Gasteiger partial charge in [-0.1, -0.05) is 6.07 Å². The van der Waals surface area contributed by atoms with E-state index in [0.717, 1.165) is 71.1 Å². The first-order valence-corrected chi connectivity index (χ1v) is 13.3. The molecule has 0 atom stereocenters. The van der Waals surface area contributed by atoms with Crippen LogP contribution in [0, 0.1) is 5.41 Å². The van der Waals surface area contributed by atoms with Gasteiger partial charge in [0, 0.05) is 44.1 Å². The van der Waals surface area contributed by atoms with E-state index in [-0.39, 0.29) is 16.2 Å². The van der Waals surface area contributed by atoms with Crippen molar-refractivity contribution in [3.8, 4) is 0 Å². The molecule has 0 radical (unpaired) electrons. The number of amides is 1. The van der Waals surface area contributed by atoms with Crippen LogP contribution in [-0.2, 0) is 21.4 Å². The summed E-state index contributed by atoms with van der Waals surface area (Å²) in [5, 5.41) is -0.149. The van der Waals surface area contributed by atoms with Gasteiger partial charge < -0.3 is 4.90 Å². The van der Waals surface area contributed by atoms with E-state index in [1.54, 1.807) is 10.5 Å². The smallest absolute Gasteiger partial charge is 0.229 e. The molecule has 4 aliphatic rings. The molecule has 4 heterocycles. The standard InChI is InChI=1S/C23H34N4O3S/c1-2-27-21(28)22(7-12-25(13-8-22)17-19-4-3-11-24-16-19)18-23(27)9-14-26(15-10-23)31(29,30)20-5-6-20/h3-4,11,16,20H,2,5-10,12-15,17-18H2,1H3. The minimum Gasteiger partial charge on any atom is -0.337 e. The molecule has 0 bridgehead atoms. The van der Waals surface area contributed by atoms with Gasteiger partial charge in [-0.3, -0.25) is 14.7 Å². The van der Waals surface area contributed by atoms with Crippen molar-refractivity contribution < 1.29 is 13.2 Å². The molecule has 0 N–H and O–H groups in total. The zero-order valence-electron chi connectivity index (χ0n) is 18.5. The van der Waals surface area contributed by atoms with E-state index < -0.39 is 10.0 Å². The Balaban J connectivity index is 1.26. The van der Waals surface area contributed by atoms with Gasteiger partial charge in [0.25, 0.3) is 0 Å². The number of piperidine rings is 2. The zero-order valence-corrected chi connectivity index (χ0v) is 19.3. The molecule has 5 rings (SSSR count). The summed E-state index contributed by atoms with van der Waals surface area (Å²) in [6.07, 6.45) is 9.57. The molecule has 1 aromatic heterocycles. The molecule has 1 aromatic rings. The van der Waals surface area contributed by atoms with Gasteiger partial charge >= 0.3 is 0 Å². The van der Waals surface area contributed by atoms with Crippen molar-refractivity contribution in [3.63, 3.8) is 0 Å². The monoisotopic (exact) mass is 446 g/mol. The molecular formula is C23H34N4O3S. The minimum atomic E-state index is -3.13. The van der Waals surface area contributed by atoms with Crippen molar-refractivity contribution >= 4 is 15.9 Å². The molecule has 4 fully saturated rings. The van der Waals surface area contributed by atoms with Crippen LogP contribution in [0.15, 0.2) is 24.5 Å². The maximum Gasteiger partial charge on any atom is 0.229 e. The van der Waals surface area contributed by atoms with Crippen molar-refractivity contribution in [2.24, 2.45) is 5.41 Å². The molecular weight excluding hydrogens is 412 g/mol. The van der Waals surface area contributed by atoms with Crippen LogP contribution in [0.4, 0.5) is 0 Å². The van der Waals surface area contributed by atoms with Gasteiger partial charge in [-0.05, 0) is 76.6 Å². The van der Waals surface area contributed by atoms with E-state index in [2.05, 4.69) is 27.8 Å². The topological polar surface area (TPSA) is 73.8 Å². The van der Waals surface area contributed by atoms with Gasteiger partial charge in [0.2, 0.25) is 15.9 Å². The Morgan fingerprint density at radius 3 is 2.39 bits per heavy atom. The molecule has 7 nitrogen and oxygen atoms in total. The van der Waals surface area contributed by atoms with Crippen LogP contribution >= 0.6 is 0 Å². The SMILES string of the molecule is CCN1C(=O)C2(CCN(Cc3cccnc3)CC2)CC12CCN(S(=O)(=O)C1CC1)CC2. The molecule has 0 aromatic carbocycles. The number of aromatic nitrogens is 1. The summed E-state index contributed by atoms with van der Waals surface area (Å²) in [6.45, 7) is 6.65.